The first-order valence-electron chi connectivity index (χ1n) is 28.3. The number of ether oxygens (including phenoxy) is 6. The zero-order valence-corrected chi connectivity index (χ0v) is 52.3. The van der Waals surface area contributed by atoms with Crippen molar-refractivity contribution in [1.82, 2.24) is 15.1 Å². The van der Waals surface area contributed by atoms with E-state index in [1.807, 2.05) is 0 Å². The lowest BCUT2D eigenvalue weighted by molar-refractivity contribution is -0.165. The molecule has 9 atom stereocenters. The van der Waals surface area contributed by atoms with Crippen LogP contribution in [0.25, 0.3) is 10.8 Å². The Labute approximate surface area is 498 Å². The second-order valence-electron chi connectivity index (χ2n) is 23.4. The largest absolute Gasteiger partial charge is 0.507 e. The molecule has 4 bridgehead atoms. The van der Waals surface area contributed by atoms with Crippen molar-refractivity contribution in [3.63, 3.8) is 0 Å². The Hall–Kier alpha value is -6.12. The number of nitrogens with zero attached hydrogens (tertiary/aromatic N) is 4. The van der Waals surface area contributed by atoms with Crippen molar-refractivity contribution in [2.24, 2.45) is 39.6 Å². The van der Waals surface area contributed by atoms with E-state index in [4.69, 9.17) is 33.4 Å². The number of aromatic hydroxyl groups is 2. The molecular formula is C57H82N6O21P2. The summed E-state index contributed by atoms with van der Waals surface area (Å²) >= 11 is 0. The molecule has 9 N–H and O–H groups in total. The highest BCUT2D eigenvalue weighted by atomic mass is 31.2. The fraction of sp³-hybridized carbons (Fsp3) is 0.614. The minimum absolute atomic E-state index is 0.00970. The summed E-state index contributed by atoms with van der Waals surface area (Å²) in [6.45, 7) is 17.4. The van der Waals surface area contributed by atoms with E-state index < -0.39 is 147 Å². The lowest BCUT2D eigenvalue weighted by Gasteiger charge is -2.39. The number of amides is 2. The minimum atomic E-state index is -5.26. The minimum Gasteiger partial charge on any atom is -0.507 e. The molecule has 0 aromatic heterocycles. The number of benzene rings is 2. The number of methoxy groups -OCH3 is 1. The van der Waals surface area contributed by atoms with E-state index in [1.165, 1.54) is 65.2 Å². The molecule has 27 nitrogen and oxygen atoms in total. The van der Waals surface area contributed by atoms with Crippen molar-refractivity contribution in [3.8, 4) is 17.2 Å². The topological polar surface area (TPSA) is 389 Å². The number of fused-ring (bicyclic) bond motifs is 1. The second-order valence-corrected chi connectivity index (χ2v) is 27.4. The molecule has 0 unspecified atom stereocenters. The maximum atomic E-state index is 14.9. The number of esters is 3. The summed E-state index contributed by atoms with van der Waals surface area (Å²) in [5.74, 6) is -10.7. The van der Waals surface area contributed by atoms with Gasteiger partial charge in [-0.3, -0.25) is 47.8 Å². The molecule has 4 aliphatic rings. The van der Waals surface area contributed by atoms with E-state index in [9.17, 15) is 72.8 Å². The summed E-state index contributed by atoms with van der Waals surface area (Å²) in [5, 5.41) is 39.6. The van der Waals surface area contributed by atoms with Crippen LogP contribution in [0.2, 0.25) is 0 Å². The van der Waals surface area contributed by atoms with Gasteiger partial charge in [-0.1, -0.05) is 59.8 Å². The van der Waals surface area contributed by atoms with Gasteiger partial charge in [0.05, 0.1) is 41.7 Å². The van der Waals surface area contributed by atoms with Crippen molar-refractivity contribution in [1.29, 1.82) is 0 Å². The maximum absolute atomic E-state index is 14.9. The summed E-state index contributed by atoms with van der Waals surface area (Å²) in [4.78, 5) is 131. The molecule has 29 heteroatoms. The fourth-order valence-electron chi connectivity index (χ4n) is 11.3. The number of phenolic OH excluding ortho intramolecular Hbond substituents is 2. The van der Waals surface area contributed by atoms with Crippen LogP contribution in [-0.2, 0) is 56.8 Å². The average molecular weight is 1250 g/mol. The van der Waals surface area contributed by atoms with Gasteiger partial charge in [0.25, 0.3) is 11.7 Å². The van der Waals surface area contributed by atoms with Gasteiger partial charge >= 0.3 is 38.9 Å². The molecule has 86 heavy (non-hydrogen) atoms. The van der Waals surface area contributed by atoms with Crippen LogP contribution in [0, 0.1) is 36.5 Å². The third-order valence-electron chi connectivity index (χ3n) is 16.1. The molecule has 0 radical (unpaired) electrons. The number of aliphatic hydroxyl groups excluding tert-OH is 1. The van der Waals surface area contributed by atoms with Crippen molar-refractivity contribution in [3.05, 3.63) is 58.0 Å². The molecule has 0 saturated carbocycles. The van der Waals surface area contributed by atoms with Crippen molar-refractivity contribution < 1.29 is 101 Å². The molecule has 2 amide bonds. The number of nitrogens with one attached hydrogen (secondary N) is 2. The first-order chi connectivity index (χ1) is 40.0. The van der Waals surface area contributed by atoms with Crippen LogP contribution in [0.3, 0.4) is 0 Å². The molecule has 1 saturated heterocycles. The number of piperidine rings is 1. The predicted molar refractivity (Wildman–Crippen MR) is 310 cm³/mol. The van der Waals surface area contributed by atoms with E-state index in [0.717, 1.165) is 6.54 Å². The smallest absolute Gasteiger partial charge is 0.340 e. The summed E-state index contributed by atoms with van der Waals surface area (Å²) in [7, 11) is -7.60. The number of phenols is 2. The van der Waals surface area contributed by atoms with Crippen LogP contribution in [-0.4, -0.2) is 181 Å². The number of likely N-dealkylation sites (tertiary alicyclic amines) is 1. The lowest BCUT2D eigenvalue weighted by atomic mass is 9.78. The van der Waals surface area contributed by atoms with Crippen molar-refractivity contribution in [2.45, 2.75) is 136 Å². The van der Waals surface area contributed by atoms with Gasteiger partial charge in [-0.2, -0.15) is 0 Å². The SMILES string of the molecule is CO[C@H]1/C=C/O[C@@]2(C)Oc3c(C)c(O)c4c(O)c(c5c(c4c3C2=O)NC2(CCN(CC(C)C)CC2)N=5)=NC(=O)/C(C)=C\C=C\[C@H](C)[C@H](OC(=O)CN(C)CCOC(=O)CNC(=O)CCC(P(=O)(O)O)P(=O)(O)O)[C@@H](C)[C@@H](O)[C@@H](C)[C@H](OC(C)=O)[C@@H]1C. The molecule has 4 heterocycles. The zero-order chi connectivity index (χ0) is 64.1. The van der Waals surface area contributed by atoms with Crippen LogP contribution in [0.4, 0.5) is 5.69 Å². The number of carbonyl (C=O) groups excluding carboxylic acids is 6. The molecule has 1 spiro atoms. The Kier molecular flexibility index (Phi) is 22.4. The van der Waals surface area contributed by atoms with E-state index in [-0.39, 0.29) is 69.3 Å². The predicted octanol–water partition coefficient (Wildman–Crippen LogP) is 3.35. The Morgan fingerprint density at radius 3 is 2.16 bits per heavy atom. The summed E-state index contributed by atoms with van der Waals surface area (Å²) in [6.07, 6.45) is 2.35. The van der Waals surface area contributed by atoms with Crippen molar-refractivity contribution in [2.75, 3.05) is 65.3 Å². The van der Waals surface area contributed by atoms with E-state index >= 15 is 0 Å². The third kappa shape index (κ3) is 16.0. The Bertz CT molecular complexity index is 3240. The first kappa shape index (κ1) is 69.0. The molecule has 2 aromatic carbocycles. The highest BCUT2D eigenvalue weighted by Gasteiger charge is 2.51. The lowest BCUT2D eigenvalue weighted by Crippen LogP contribution is -2.48. The van der Waals surface area contributed by atoms with Gasteiger partial charge < -0.3 is 78.8 Å². The van der Waals surface area contributed by atoms with E-state index in [0.29, 0.717) is 31.8 Å². The summed E-state index contributed by atoms with van der Waals surface area (Å²) in [6, 6.07) is 0. The Morgan fingerprint density at radius 2 is 1.56 bits per heavy atom. The van der Waals surface area contributed by atoms with Crippen molar-refractivity contribution >= 4 is 67.2 Å². The molecular weight excluding hydrogens is 1170 g/mol. The highest BCUT2D eigenvalue weighted by Crippen LogP contribution is 2.61. The van der Waals surface area contributed by atoms with Gasteiger partial charge in [0.2, 0.25) is 5.91 Å². The number of ketones is 1. The Morgan fingerprint density at radius 1 is 0.919 bits per heavy atom. The van der Waals surface area contributed by atoms with Gasteiger partial charge in [-0.05, 0) is 39.3 Å². The van der Waals surface area contributed by atoms with Crippen LogP contribution in [0.15, 0.2) is 46.1 Å². The Balaban J connectivity index is 1.33. The monoisotopic (exact) mass is 1250 g/mol. The van der Waals surface area contributed by atoms with Crippen LogP contribution >= 0.6 is 15.2 Å². The number of anilines is 1. The number of aliphatic hydroxyl groups is 1. The summed E-state index contributed by atoms with van der Waals surface area (Å²) < 4.78 is 58.6. The molecule has 6 rings (SSSR count). The number of hydrogen-bond acceptors (Lipinski definition) is 21. The quantitative estimate of drug-likeness (QED) is 0.0474. The van der Waals surface area contributed by atoms with Crippen LogP contribution in [0.5, 0.6) is 17.2 Å². The van der Waals surface area contributed by atoms with Gasteiger partial charge in [0, 0.05) is 107 Å². The molecule has 1 fully saturated rings. The van der Waals surface area contributed by atoms with Gasteiger partial charge in [0.15, 0.2) is 11.1 Å². The number of Topliss-reactive ketones (excluding diaryl/α,β-unsaturated/α-hetero) is 1. The van der Waals surface area contributed by atoms with E-state index in [1.54, 1.807) is 39.8 Å². The van der Waals surface area contributed by atoms with E-state index in [2.05, 4.69) is 34.4 Å². The van der Waals surface area contributed by atoms with Gasteiger partial charge in [0.1, 0.15) is 53.2 Å². The number of likely N-dealkylation sites (N-methyl/N-ethyl adjacent to an activating group) is 1. The van der Waals surface area contributed by atoms with Gasteiger partial charge in [-0.25, -0.2) is 4.99 Å². The van der Waals surface area contributed by atoms with Crippen LogP contribution in [0.1, 0.15) is 104 Å². The zero-order valence-electron chi connectivity index (χ0n) is 50.5. The molecule has 0 aliphatic carbocycles. The average Bonchev–Trinajstić information content (AvgIpc) is 1.50. The fourth-order valence-corrected chi connectivity index (χ4v) is 13.8. The number of hydrogen-bond donors (Lipinski definition) is 9. The normalized spacial score (nSPS) is 26.9. The molecule has 476 valence electrons. The third-order valence-corrected chi connectivity index (χ3v) is 20.0. The van der Waals surface area contributed by atoms with Gasteiger partial charge in [-0.15, -0.1) is 0 Å². The van der Waals surface area contributed by atoms with Crippen LogP contribution < -0.4 is 26.1 Å². The maximum Gasteiger partial charge on any atom is 0.340 e. The standard InChI is InChI=1S/C57H82N6O21P2/c1-29(2)27-63-21-19-57(20-22-63)60-45-42-43-49(69)35(8)53-44(42)54(71)56(10,84-53)81-24-18-37(79-12)32(5)52(82-36(9)64)34(7)48(68)33(6)51(30(3)14-13-15-31(4)55(72)59-47(50(43)70)46(45)61-57)83-40(67)28-62(11)23-25-80-39(66)26-58-38(65)16-17-41(85(73,74)75)86(76,77)78/h13-15,18,24,29-30,32-34,37,41,48,51-52,60,68-70H,16-17,19-23,25-28H2,1-12H3,(H,58,65)(H2,73,74,75)(H2,76,77,78)/b14-13+,24-18+,31-15-,59-47?/t30-,32+,33-,34+,37-,48+,51-,52+,56-/m0/s1. The number of allylic oxidation sites excluding steroid dienone is 2. The molecule has 2 aromatic rings. The highest BCUT2D eigenvalue weighted by molar-refractivity contribution is 7.70. The first-order valence-corrected chi connectivity index (χ1v) is 31.7. The molecule has 4 aliphatic heterocycles. The second kappa shape index (κ2) is 27.9. The summed E-state index contributed by atoms with van der Waals surface area (Å²) in [5.41, 5.74) is -0.531. The number of rotatable bonds is 17. The number of carbonyl (C=O) groups is 6.